The topological polar surface area (TPSA) is 125 Å². The molecule has 0 atom stereocenters. The number of aromatic carboxylic acids is 1. The van der Waals surface area contributed by atoms with Crippen molar-refractivity contribution >= 4 is 64.5 Å². The quantitative estimate of drug-likeness (QED) is 0.122. The molecule has 42 heavy (non-hydrogen) atoms. The second-order valence-electron chi connectivity index (χ2n) is 9.09. The molecule has 0 radical (unpaired) electrons. The largest absolute Gasteiger partial charge is 0.478 e. The van der Waals surface area contributed by atoms with Crippen molar-refractivity contribution in [1.82, 2.24) is 5.32 Å². The molecule has 0 aliphatic rings. The molecule has 0 aromatic heterocycles. The van der Waals surface area contributed by atoms with Gasteiger partial charge in [-0.25, -0.2) is 4.79 Å². The number of amides is 3. The average Bonchev–Trinajstić information content (AvgIpc) is 2.97. The number of hydrogen-bond acceptors (Lipinski definition) is 5. The smallest absolute Gasteiger partial charge is 0.335 e. The molecule has 10 heteroatoms. The van der Waals surface area contributed by atoms with E-state index in [1.54, 1.807) is 91.9 Å². The predicted octanol–water partition coefficient (Wildman–Crippen LogP) is 6.49. The molecule has 0 aliphatic heterocycles. The van der Waals surface area contributed by atoms with Crippen LogP contribution in [0.1, 0.15) is 31.8 Å². The van der Waals surface area contributed by atoms with Crippen LogP contribution in [0.4, 0.5) is 11.4 Å². The number of carboxylic acid groups (broad SMARTS) is 1. The van der Waals surface area contributed by atoms with Crippen molar-refractivity contribution in [3.8, 4) is 0 Å². The van der Waals surface area contributed by atoms with Gasteiger partial charge in [-0.05, 0) is 78.7 Å². The summed E-state index contributed by atoms with van der Waals surface area (Å²) < 4.78 is 0. The first kappa shape index (κ1) is 30.1. The van der Waals surface area contributed by atoms with Gasteiger partial charge < -0.3 is 21.1 Å². The minimum absolute atomic E-state index is 0.0162. The number of rotatable bonds is 10. The van der Waals surface area contributed by atoms with Crippen molar-refractivity contribution in [2.24, 2.45) is 0 Å². The van der Waals surface area contributed by atoms with Crippen molar-refractivity contribution in [2.75, 3.05) is 16.4 Å². The Morgan fingerprint density at radius 3 is 2.33 bits per heavy atom. The highest BCUT2D eigenvalue weighted by atomic mass is 35.5. The van der Waals surface area contributed by atoms with Crippen molar-refractivity contribution in [3.05, 3.63) is 130 Å². The lowest BCUT2D eigenvalue weighted by Crippen LogP contribution is -2.30. The summed E-state index contributed by atoms with van der Waals surface area (Å²) in [6, 6.07) is 26.9. The van der Waals surface area contributed by atoms with E-state index in [0.717, 1.165) is 5.56 Å². The van der Waals surface area contributed by atoms with E-state index in [-0.39, 0.29) is 22.9 Å². The normalized spacial score (nSPS) is 11.0. The highest BCUT2D eigenvalue weighted by molar-refractivity contribution is 8.00. The number of halogens is 1. The van der Waals surface area contributed by atoms with E-state index in [0.29, 0.717) is 32.4 Å². The summed E-state index contributed by atoms with van der Waals surface area (Å²) in [6.07, 6.45) is 1.53. The summed E-state index contributed by atoms with van der Waals surface area (Å²) in [5.74, 6) is -2.33. The lowest BCUT2D eigenvalue weighted by molar-refractivity contribution is -0.114. The molecule has 3 amide bonds. The number of hydrogen-bond donors (Lipinski definition) is 4. The number of carbonyl (C=O) groups is 4. The number of anilines is 2. The maximum Gasteiger partial charge on any atom is 0.335 e. The third-order valence-electron chi connectivity index (χ3n) is 5.91. The summed E-state index contributed by atoms with van der Waals surface area (Å²) in [7, 11) is 0. The van der Waals surface area contributed by atoms with Crippen LogP contribution in [0, 0.1) is 6.92 Å². The minimum Gasteiger partial charge on any atom is -0.478 e. The maximum absolute atomic E-state index is 13.3. The molecule has 4 N–H and O–H groups in total. The van der Waals surface area contributed by atoms with Crippen LogP contribution < -0.4 is 16.0 Å². The Hall–Kier alpha value is -4.86. The van der Waals surface area contributed by atoms with Gasteiger partial charge >= 0.3 is 5.97 Å². The second kappa shape index (κ2) is 14.2. The molecule has 0 fully saturated rings. The van der Waals surface area contributed by atoms with E-state index in [2.05, 4.69) is 16.0 Å². The maximum atomic E-state index is 13.3. The van der Waals surface area contributed by atoms with E-state index in [1.165, 1.54) is 30.0 Å². The van der Waals surface area contributed by atoms with Gasteiger partial charge in [0.05, 0.1) is 11.3 Å². The Balaban J connectivity index is 1.45. The van der Waals surface area contributed by atoms with Crippen LogP contribution in [0.2, 0.25) is 5.02 Å². The van der Waals surface area contributed by atoms with Gasteiger partial charge in [0.15, 0.2) is 0 Å². The van der Waals surface area contributed by atoms with Gasteiger partial charge in [0, 0.05) is 26.9 Å². The van der Waals surface area contributed by atoms with Gasteiger partial charge in [-0.1, -0.05) is 54.1 Å². The van der Waals surface area contributed by atoms with Crippen LogP contribution >= 0.6 is 23.4 Å². The Morgan fingerprint density at radius 2 is 1.60 bits per heavy atom. The van der Waals surface area contributed by atoms with Crippen LogP contribution in [0.15, 0.2) is 108 Å². The van der Waals surface area contributed by atoms with Gasteiger partial charge in [-0.15, -0.1) is 11.8 Å². The van der Waals surface area contributed by atoms with Gasteiger partial charge in [-0.3, -0.25) is 14.4 Å². The van der Waals surface area contributed by atoms with E-state index in [4.69, 9.17) is 11.6 Å². The van der Waals surface area contributed by atoms with Crippen molar-refractivity contribution in [3.63, 3.8) is 0 Å². The highest BCUT2D eigenvalue weighted by Gasteiger charge is 2.16. The predicted molar refractivity (Wildman–Crippen MR) is 166 cm³/mol. The van der Waals surface area contributed by atoms with E-state index in [1.807, 2.05) is 0 Å². The highest BCUT2D eigenvalue weighted by Crippen LogP contribution is 2.24. The first-order valence-corrected chi connectivity index (χ1v) is 14.1. The van der Waals surface area contributed by atoms with E-state index < -0.39 is 17.8 Å². The van der Waals surface area contributed by atoms with Gasteiger partial charge in [0.2, 0.25) is 5.91 Å². The summed E-state index contributed by atoms with van der Waals surface area (Å²) in [5.41, 5.74) is 2.74. The fourth-order valence-electron chi connectivity index (χ4n) is 3.79. The molecule has 212 valence electrons. The van der Waals surface area contributed by atoms with Crippen LogP contribution in [-0.2, 0) is 9.59 Å². The van der Waals surface area contributed by atoms with Crippen LogP contribution in [0.25, 0.3) is 6.08 Å². The zero-order valence-electron chi connectivity index (χ0n) is 22.4. The number of carbonyl (C=O) groups excluding carboxylic acids is 3. The second-order valence-corrected chi connectivity index (χ2v) is 10.6. The lowest BCUT2D eigenvalue weighted by Gasteiger charge is -2.12. The van der Waals surface area contributed by atoms with Gasteiger partial charge in [0.25, 0.3) is 11.8 Å². The fourth-order valence-corrected chi connectivity index (χ4v) is 4.75. The molecule has 0 unspecified atom stereocenters. The van der Waals surface area contributed by atoms with Crippen molar-refractivity contribution in [1.29, 1.82) is 0 Å². The molecular formula is C32H26ClN3O5S. The zero-order valence-corrected chi connectivity index (χ0v) is 24.0. The number of benzene rings is 4. The molecule has 0 saturated heterocycles. The first-order valence-electron chi connectivity index (χ1n) is 12.7. The molecule has 0 saturated carbocycles. The van der Waals surface area contributed by atoms with Crippen molar-refractivity contribution < 1.29 is 24.3 Å². The van der Waals surface area contributed by atoms with E-state index in [9.17, 15) is 24.3 Å². The zero-order chi connectivity index (χ0) is 30.1. The third-order valence-corrected chi connectivity index (χ3v) is 7.14. The number of carboxylic acids is 1. The molecule has 0 aliphatic carbocycles. The minimum atomic E-state index is -1.08. The SMILES string of the molecule is Cc1ccc(C(=O)O)cc1NC(=O)CSc1cccc(NC(=O)/C(=C/c2cccc(Cl)c2)NC(=O)c2ccccc2)c1. The lowest BCUT2D eigenvalue weighted by atomic mass is 10.1. The number of thioether (sulfide) groups is 1. The Bertz CT molecular complexity index is 1670. The van der Waals surface area contributed by atoms with Crippen LogP contribution in [-0.4, -0.2) is 34.6 Å². The molecule has 4 rings (SSSR count). The summed E-state index contributed by atoms with van der Waals surface area (Å²) in [6.45, 7) is 1.78. The average molecular weight is 600 g/mol. The number of aryl methyl sites for hydroxylation is 1. The molecule has 4 aromatic rings. The van der Waals surface area contributed by atoms with E-state index >= 15 is 0 Å². The Kier molecular flexibility index (Phi) is 10.1. The molecular weight excluding hydrogens is 574 g/mol. The van der Waals surface area contributed by atoms with Gasteiger partial charge in [-0.2, -0.15) is 0 Å². The number of nitrogens with one attached hydrogen (secondary N) is 3. The molecule has 0 spiro atoms. The standard InChI is InChI=1S/C32H26ClN3O5S/c1-20-13-14-23(32(40)41)17-27(20)35-29(37)19-42-26-12-6-11-25(18-26)34-31(39)28(16-21-7-5-10-24(33)15-21)36-30(38)22-8-3-2-4-9-22/h2-18H,19H2,1H3,(H,34,39)(H,35,37)(H,36,38)(H,40,41)/b28-16-. The van der Waals surface area contributed by atoms with Crippen LogP contribution in [0.3, 0.4) is 0 Å². The molecule has 0 bridgehead atoms. The van der Waals surface area contributed by atoms with Crippen LogP contribution in [0.5, 0.6) is 0 Å². The Labute approximate surface area is 251 Å². The van der Waals surface area contributed by atoms with Crippen molar-refractivity contribution in [2.45, 2.75) is 11.8 Å². The summed E-state index contributed by atoms with van der Waals surface area (Å²) >= 11 is 7.36. The third kappa shape index (κ3) is 8.57. The summed E-state index contributed by atoms with van der Waals surface area (Å²) in [4.78, 5) is 50.7. The Morgan fingerprint density at radius 1 is 0.833 bits per heavy atom. The first-order chi connectivity index (χ1) is 20.2. The molecule has 4 aromatic carbocycles. The monoisotopic (exact) mass is 599 g/mol. The molecule has 8 nitrogen and oxygen atoms in total. The summed E-state index contributed by atoms with van der Waals surface area (Å²) in [5, 5.41) is 17.9. The molecule has 0 heterocycles. The fraction of sp³-hybridized carbons (Fsp3) is 0.0625. The van der Waals surface area contributed by atoms with Gasteiger partial charge in [0.1, 0.15) is 5.70 Å².